The van der Waals surface area contributed by atoms with E-state index in [4.69, 9.17) is 16.3 Å². The van der Waals surface area contributed by atoms with Crippen molar-refractivity contribution in [1.29, 1.82) is 0 Å². The first-order chi connectivity index (χ1) is 10.3. The van der Waals surface area contributed by atoms with Gasteiger partial charge in [-0.05, 0) is 39.0 Å². The van der Waals surface area contributed by atoms with E-state index >= 15 is 0 Å². The van der Waals surface area contributed by atoms with Crippen LogP contribution in [0.2, 0.25) is 5.02 Å². The largest absolute Gasteiger partial charge is 0.444 e. The fourth-order valence-electron chi connectivity index (χ4n) is 2.21. The molecule has 1 aromatic rings. The van der Waals surface area contributed by atoms with Crippen molar-refractivity contribution in [3.63, 3.8) is 0 Å². The van der Waals surface area contributed by atoms with Crippen molar-refractivity contribution in [3.05, 3.63) is 29.4 Å². The number of aromatic nitrogens is 1. The predicted octanol–water partition coefficient (Wildman–Crippen LogP) is 3.44. The van der Waals surface area contributed by atoms with Gasteiger partial charge in [-0.1, -0.05) is 18.2 Å². The summed E-state index contributed by atoms with van der Waals surface area (Å²) in [6.45, 7) is 11.9. The molecular formula is C16H22ClN3O2. The summed E-state index contributed by atoms with van der Waals surface area (Å²) in [6, 6.07) is 3.60. The minimum Gasteiger partial charge on any atom is -0.444 e. The van der Waals surface area contributed by atoms with Gasteiger partial charge in [-0.25, -0.2) is 9.78 Å². The molecule has 0 unspecified atom stereocenters. The van der Waals surface area contributed by atoms with Crippen LogP contribution in [-0.2, 0) is 4.74 Å². The summed E-state index contributed by atoms with van der Waals surface area (Å²) in [7, 11) is 0. The highest BCUT2D eigenvalue weighted by molar-refractivity contribution is 6.30. The van der Waals surface area contributed by atoms with Gasteiger partial charge in [-0.2, -0.15) is 0 Å². The molecule has 1 aliphatic heterocycles. The van der Waals surface area contributed by atoms with Crippen molar-refractivity contribution in [1.82, 2.24) is 9.88 Å². The summed E-state index contributed by atoms with van der Waals surface area (Å²) in [5.41, 5.74) is 0.277. The van der Waals surface area contributed by atoms with Crippen LogP contribution >= 0.6 is 11.6 Å². The lowest BCUT2D eigenvalue weighted by atomic mass is 10.2. The van der Waals surface area contributed by atoms with Crippen molar-refractivity contribution in [2.24, 2.45) is 0 Å². The molecule has 120 valence electrons. The second kappa shape index (κ2) is 6.57. The molecule has 0 N–H and O–H groups in total. The third-order valence-corrected chi connectivity index (χ3v) is 3.48. The van der Waals surface area contributed by atoms with Crippen LogP contribution in [-0.4, -0.2) is 47.8 Å². The third kappa shape index (κ3) is 4.37. The van der Waals surface area contributed by atoms with Crippen LogP contribution < -0.4 is 4.90 Å². The Bertz CT molecular complexity index is 561. The predicted molar refractivity (Wildman–Crippen MR) is 89.4 cm³/mol. The van der Waals surface area contributed by atoms with Crippen molar-refractivity contribution in [2.75, 3.05) is 31.1 Å². The number of ether oxygens (including phenoxy) is 1. The van der Waals surface area contributed by atoms with E-state index in [1.807, 2.05) is 26.8 Å². The van der Waals surface area contributed by atoms with E-state index in [9.17, 15) is 4.79 Å². The number of anilines is 1. The second-order valence-electron chi connectivity index (χ2n) is 6.23. The lowest BCUT2D eigenvalue weighted by Crippen LogP contribution is -2.50. The van der Waals surface area contributed by atoms with Crippen LogP contribution in [0.25, 0.3) is 6.08 Å². The van der Waals surface area contributed by atoms with E-state index in [1.54, 1.807) is 17.0 Å². The number of amides is 1. The fraction of sp³-hybridized carbons (Fsp3) is 0.500. The minimum atomic E-state index is -0.471. The van der Waals surface area contributed by atoms with Crippen LogP contribution in [0.1, 0.15) is 26.5 Å². The molecule has 0 atom stereocenters. The molecular weight excluding hydrogens is 302 g/mol. The lowest BCUT2D eigenvalue weighted by molar-refractivity contribution is 0.0240. The molecule has 22 heavy (non-hydrogen) atoms. The van der Waals surface area contributed by atoms with E-state index in [0.29, 0.717) is 31.2 Å². The van der Waals surface area contributed by atoms with Gasteiger partial charge >= 0.3 is 6.09 Å². The van der Waals surface area contributed by atoms with Gasteiger partial charge in [0.05, 0.1) is 5.69 Å². The molecule has 0 aromatic carbocycles. The first-order valence-corrected chi connectivity index (χ1v) is 7.69. The van der Waals surface area contributed by atoms with Crippen LogP contribution in [0.15, 0.2) is 18.7 Å². The Morgan fingerprint density at radius 2 is 1.95 bits per heavy atom. The Morgan fingerprint density at radius 1 is 1.32 bits per heavy atom. The summed E-state index contributed by atoms with van der Waals surface area (Å²) < 4.78 is 5.39. The van der Waals surface area contributed by atoms with Gasteiger partial charge in [-0.15, -0.1) is 0 Å². The monoisotopic (exact) mass is 323 g/mol. The maximum absolute atomic E-state index is 12.0. The molecule has 5 nitrogen and oxygen atoms in total. The Hall–Kier alpha value is -1.75. The molecule has 0 saturated carbocycles. The SMILES string of the molecule is C=Cc1cc(Cl)cc(N2CCN(C(=O)OC(C)(C)C)CC2)n1. The molecule has 2 heterocycles. The molecule has 1 fully saturated rings. The molecule has 2 rings (SSSR count). The summed E-state index contributed by atoms with van der Waals surface area (Å²) in [5, 5.41) is 0.634. The lowest BCUT2D eigenvalue weighted by Gasteiger charge is -2.36. The number of halogens is 1. The molecule has 0 radical (unpaired) electrons. The summed E-state index contributed by atoms with van der Waals surface area (Å²) in [6.07, 6.45) is 1.41. The maximum Gasteiger partial charge on any atom is 0.410 e. The van der Waals surface area contributed by atoms with Gasteiger partial charge < -0.3 is 14.5 Å². The average molecular weight is 324 g/mol. The molecule has 0 aliphatic carbocycles. The zero-order valence-corrected chi connectivity index (χ0v) is 14.1. The van der Waals surface area contributed by atoms with Gasteiger partial charge in [0.1, 0.15) is 11.4 Å². The highest BCUT2D eigenvalue weighted by atomic mass is 35.5. The van der Waals surface area contributed by atoms with Gasteiger partial charge in [0, 0.05) is 31.2 Å². The van der Waals surface area contributed by atoms with Crippen LogP contribution in [0, 0.1) is 0 Å². The molecule has 0 bridgehead atoms. The first-order valence-electron chi connectivity index (χ1n) is 7.31. The number of carbonyl (C=O) groups is 1. The standard InChI is InChI=1S/C16H22ClN3O2/c1-5-13-10-12(17)11-14(18-13)19-6-8-20(9-7-19)15(21)22-16(2,3)4/h5,10-11H,1,6-9H2,2-4H3. The van der Waals surface area contributed by atoms with Crippen molar-refractivity contribution >= 4 is 29.6 Å². The third-order valence-electron chi connectivity index (χ3n) is 3.26. The second-order valence-corrected chi connectivity index (χ2v) is 6.66. The Kier molecular flexibility index (Phi) is 4.96. The highest BCUT2D eigenvalue weighted by Crippen LogP contribution is 2.21. The fourth-order valence-corrected chi connectivity index (χ4v) is 2.42. The van der Waals surface area contributed by atoms with Crippen LogP contribution in [0.5, 0.6) is 0 Å². The first kappa shape index (κ1) is 16.6. The Balaban J connectivity index is 1.99. The van der Waals surface area contributed by atoms with E-state index in [0.717, 1.165) is 11.5 Å². The topological polar surface area (TPSA) is 45.7 Å². The zero-order valence-electron chi connectivity index (χ0n) is 13.3. The van der Waals surface area contributed by atoms with Crippen molar-refractivity contribution < 1.29 is 9.53 Å². The van der Waals surface area contributed by atoms with E-state index in [1.165, 1.54) is 0 Å². The number of nitrogens with zero attached hydrogens (tertiary/aromatic N) is 3. The number of pyridine rings is 1. The van der Waals surface area contributed by atoms with Crippen molar-refractivity contribution in [2.45, 2.75) is 26.4 Å². The summed E-state index contributed by atoms with van der Waals surface area (Å²) in [5.74, 6) is 0.811. The molecule has 1 aliphatic rings. The van der Waals surface area contributed by atoms with Crippen LogP contribution in [0.4, 0.5) is 10.6 Å². The van der Waals surface area contributed by atoms with Crippen molar-refractivity contribution in [3.8, 4) is 0 Å². The maximum atomic E-state index is 12.0. The van der Waals surface area contributed by atoms with E-state index in [-0.39, 0.29) is 6.09 Å². The Labute approximate surface area is 136 Å². The molecule has 1 amide bonds. The van der Waals surface area contributed by atoms with E-state index < -0.39 is 5.60 Å². The average Bonchev–Trinajstić information content (AvgIpc) is 2.45. The summed E-state index contributed by atoms with van der Waals surface area (Å²) >= 11 is 6.10. The molecule has 1 saturated heterocycles. The molecule has 1 aromatic heterocycles. The normalized spacial score (nSPS) is 15.6. The van der Waals surface area contributed by atoms with Gasteiger partial charge in [-0.3, -0.25) is 0 Å². The zero-order chi connectivity index (χ0) is 16.3. The molecule has 6 heteroatoms. The number of rotatable bonds is 2. The Morgan fingerprint density at radius 3 is 2.50 bits per heavy atom. The number of hydrogen-bond acceptors (Lipinski definition) is 4. The van der Waals surface area contributed by atoms with E-state index in [2.05, 4.69) is 16.5 Å². The smallest absolute Gasteiger partial charge is 0.410 e. The van der Waals surface area contributed by atoms with Crippen LogP contribution in [0.3, 0.4) is 0 Å². The number of hydrogen-bond donors (Lipinski definition) is 0. The van der Waals surface area contributed by atoms with Gasteiger partial charge in [0.15, 0.2) is 0 Å². The van der Waals surface area contributed by atoms with Gasteiger partial charge in [0.25, 0.3) is 0 Å². The summed E-state index contributed by atoms with van der Waals surface area (Å²) in [4.78, 5) is 20.4. The molecule has 0 spiro atoms. The minimum absolute atomic E-state index is 0.266. The quantitative estimate of drug-likeness (QED) is 0.836. The highest BCUT2D eigenvalue weighted by Gasteiger charge is 2.26. The van der Waals surface area contributed by atoms with Gasteiger partial charge in [0.2, 0.25) is 0 Å². The number of piperazine rings is 1. The number of carbonyl (C=O) groups excluding carboxylic acids is 1.